The lowest BCUT2D eigenvalue weighted by Crippen LogP contribution is -2.35. The van der Waals surface area contributed by atoms with Crippen molar-refractivity contribution in [3.8, 4) is 0 Å². The highest BCUT2D eigenvalue weighted by atomic mass is 16.2. The maximum atomic E-state index is 11.8. The molecule has 0 aromatic heterocycles. The molecule has 0 radical (unpaired) electrons. The molecule has 4 nitrogen and oxygen atoms in total. The van der Waals surface area contributed by atoms with Crippen molar-refractivity contribution in [2.24, 2.45) is 11.8 Å². The molecule has 2 rings (SSSR count). The fourth-order valence-corrected chi connectivity index (χ4v) is 3.13. The SMILES string of the molecule is O=C(CC1C=CCCC1)NCCNC(=O)CC1C=CCCC1. The van der Waals surface area contributed by atoms with Crippen molar-refractivity contribution in [3.05, 3.63) is 24.3 Å². The van der Waals surface area contributed by atoms with Crippen LogP contribution in [0.5, 0.6) is 0 Å². The maximum Gasteiger partial charge on any atom is 0.220 e. The van der Waals surface area contributed by atoms with Crippen molar-refractivity contribution in [2.45, 2.75) is 51.4 Å². The standard InChI is InChI=1S/C18H28N2O2/c21-17(13-15-7-3-1-4-8-15)19-11-12-20-18(22)14-16-9-5-2-6-10-16/h3,5,7,9,15-16H,1-2,4,6,8,10-14H2,(H,19,21)(H,20,22). The van der Waals surface area contributed by atoms with Crippen molar-refractivity contribution < 1.29 is 9.59 Å². The Morgan fingerprint density at radius 1 is 0.818 bits per heavy atom. The molecule has 0 heterocycles. The molecule has 0 fully saturated rings. The van der Waals surface area contributed by atoms with Gasteiger partial charge in [-0.1, -0.05) is 24.3 Å². The van der Waals surface area contributed by atoms with Crippen molar-refractivity contribution in [3.63, 3.8) is 0 Å². The van der Waals surface area contributed by atoms with Crippen LogP contribution in [0.1, 0.15) is 51.4 Å². The van der Waals surface area contributed by atoms with E-state index >= 15 is 0 Å². The number of amides is 2. The van der Waals surface area contributed by atoms with Gasteiger partial charge >= 0.3 is 0 Å². The highest BCUT2D eigenvalue weighted by Crippen LogP contribution is 2.20. The molecule has 0 aromatic carbocycles. The summed E-state index contributed by atoms with van der Waals surface area (Å²) >= 11 is 0. The van der Waals surface area contributed by atoms with Crippen LogP contribution in [0, 0.1) is 11.8 Å². The molecule has 2 N–H and O–H groups in total. The van der Waals surface area contributed by atoms with Gasteiger partial charge < -0.3 is 10.6 Å². The van der Waals surface area contributed by atoms with Gasteiger partial charge in [-0.3, -0.25) is 9.59 Å². The summed E-state index contributed by atoms with van der Waals surface area (Å²) in [7, 11) is 0. The molecule has 0 aliphatic heterocycles. The number of carbonyl (C=O) groups excluding carboxylic acids is 2. The third-order valence-corrected chi connectivity index (χ3v) is 4.37. The molecule has 0 aromatic rings. The normalized spacial score (nSPS) is 24.0. The van der Waals surface area contributed by atoms with E-state index in [0.717, 1.165) is 25.7 Å². The van der Waals surface area contributed by atoms with E-state index in [9.17, 15) is 9.59 Å². The smallest absolute Gasteiger partial charge is 0.220 e. The summed E-state index contributed by atoms with van der Waals surface area (Å²) in [4.78, 5) is 23.6. The van der Waals surface area contributed by atoms with E-state index in [2.05, 4.69) is 34.9 Å². The third-order valence-electron chi connectivity index (χ3n) is 4.37. The van der Waals surface area contributed by atoms with Crippen LogP contribution >= 0.6 is 0 Å². The Morgan fingerprint density at radius 3 is 1.64 bits per heavy atom. The molecule has 2 atom stereocenters. The molecule has 2 aliphatic carbocycles. The number of allylic oxidation sites excluding steroid dienone is 4. The van der Waals surface area contributed by atoms with Gasteiger partial charge in [0.1, 0.15) is 0 Å². The average molecular weight is 304 g/mol. The second-order valence-corrected chi connectivity index (χ2v) is 6.35. The molecular formula is C18H28N2O2. The zero-order chi connectivity index (χ0) is 15.6. The predicted molar refractivity (Wildman–Crippen MR) is 88.2 cm³/mol. The lowest BCUT2D eigenvalue weighted by Gasteiger charge is -2.17. The number of nitrogens with one attached hydrogen (secondary N) is 2. The zero-order valence-corrected chi connectivity index (χ0v) is 13.4. The van der Waals surface area contributed by atoms with Gasteiger partial charge in [0.15, 0.2) is 0 Å². The second-order valence-electron chi connectivity index (χ2n) is 6.35. The number of rotatable bonds is 7. The summed E-state index contributed by atoms with van der Waals surface area (Å²) in [5.41, 5.74) is 0. The molecule has 0 spiro atoms. The van der Waals surface area contributed by atoms with Crippen LogP contribution in [0.15, 0.2) is 24.3 Å². The second kappa shape index (κ2) is 9.44. The van der Waals surface area contributed by atoms with Gasteiger partial charge in [-0.15, -0.1) is 0 Å². The van der Waals surface area contributed by atoms with Crippen LogP contribution in [-0.4, -0.2) is 24.9 Å². The largest absolute Gasteiger partial charge is 0.354 e. The van der Waals surface area contributed by atoms with Gasteiger partial charge in [0.2, 0.25) is 11.8 Å². The van der Waals surface area contributed by atoms with Gasteiger partial charge in [-0.2, -0.15) is 0 Å². The third kappa shape index (κ3) is 6.46. The molecule has 4 heteroatoms. The van der Waals surface area contributed by atoms with Crippen molar-refractivity contribution in [2.75, 3.05) is 13.1 Å². The van der Waals surface area contributed by atoms with Gasteiger partial charge in [0.05, 0.1) is 0 Å². The van der Waals surface area contributed by atoms with Crippen LogP contribution in [0.3, 0.4) is 0 Å². The Hall–Kier alpha value is -1.58. The van der Waals surface area contributed by atoms with Crippen LogP contribution in [0.4, 0.5) is 0 Å². The number of hydrogen-bond donors (Lipinski definition) is 2. The van der Waals surface area contributed by atoms with Crippen molar-refractivity contribution >= 4 is 11.8 Å². The van der Waals surface area contributed by atoms with E-state index in [0.29, 0.717) is 37.8 Å². The molecule has 0 bridgehead atoms. The van der Waals surface area contributed by atoms with E-state index in [1.807, 2.05) is 0 Å². The Bertz CT molecular complexity index is 389. The Labute approximate surface area is 133 Å². The molecule has 2 aliphatic rings. The quantitative estimate of drug-likeness (QED) is 0.561. The van der Waals surface area contributed by atoms with Gasteiger partial charge in [-0.05, 0) is 50.4 Å². The zero-order valence-electron chi connectivity index (χ0n) is 13.4. The van der Waals surface area contributed by atoms with E-state index in [1.54, 1.807) is 0 Å². The lowest BCUT2D eigenvalue weighted by atomic mass is 9.93. The minimum atomic E-state index is 0.0843. The maximum absolute atomic E-state index is 11.8. The van der Waals surface area contributed by atoms with E-state index in [4.69, 9.17) is 0 Å². The Morgan fingerprint density at radius 2 is 1.27 bits per heavy atom. The fraction of sp³-hybridized carbons (Fsp3) is 0.667. The van der Waals surface area contributed by atoms with Crippen molar-refractivity contribution in [1.29, 1.82) is 0 Å². The van der Waals surface area contributed by atoms with Gasteiger partial charge in [0, 0.05) is 25.9 Å². The van der Waals surface area contributed by atoms with Crippen LogP contribution in [0.25, 0.3) is 0 Å². The Balaban J connectivity index is 1.52. The summed E-state index contributed by atoms with van der Waals surface area (Å²) in [5, 5.41) is 5.77. The summed E-state index contributed by atoms with van der Waals surface area (Å²) in [6.45, 7) is 1.03. The molecule has 0 saturated heterocycles. The highest BCUT2D eigenvalue weighted by Gasteiger charge is 2.14. The van der Waals surface area contributed by atoms with Crippen LogP contribution in [0.2, 0.25) is 0 Å². The first-order valence-electron chi connectivity index (χ1n) is 8.61. The van der Waals surface area contributed by atoms with Crippen LogP contribution < -0.4 is 10.6 Å². The summed E-state index contributed by atoms with van der Waals surface area (Å²) < 4.78 is 0. The Kier molecular flexibility index (Phi) is 7.20. The predicted octanol–water partition coefficient (Wildman–Crippen LogP) is 2.71. The summed E-state index contributed by atoms with van der Waals surface area (Å²) in [6, 6.07) is 0. The fourth-order valence-electron chi connectivity index (χ4n) is 3.13. The summed E-state index contributed by atoms with van der Waals surface area (Å²) in [5.74, 6) is 0.949. The molecule has 22 heavy (non-hydrogen) atoms. The minimum absolute atomic E-state index is 0.0843. The highest BCUT2D eigenvalue weighted by molar-refractivity contribution is 5.77. The molecule has 2 amide bonds. The number of carbonyl (C=O) groups is 2. The average Bonchev–Trinajstić information content (AvgIpc) is 2.53. The lowest BCUT2D eigenvalue weighted by molar-refractivity contribution is -0.123. The van der Waals surface area contributed by atoms with Crippen molar-refractivity contribution in [1.82, 2.24) is 10.6 Å². The number of hydrogen-bond acceptors (Lipinski definition) is 2. The molecular weight excluding hydrogens is 276 g/mol. The topological polar surface area (TPSA) is 58.2 Å². The molecule has 0 saturated carbocycles. The monoisotopic (exact) mass is 304 g/mol. The van der Waals surface area contributed by atoms with E-state index < -0.39 is 0 Å². The first kappa shape index (κ1) is 16.8. The summed E-state index contributed by atoms with van der Waals surface area (Å²) in [6.07, 6.45) is 16.6. The van der Waals surface area contributed by atoms with Gasteiger partial charge in [-0.25, -0.2) is 0 Å². The minimum Gasteiger partial charge on any atom is -0.354 e. The van der Waals surface area contributed by atoms with Gasteiger partial charge in [0.25, 0.3) is 0 Å². The van der Waals surface area contributed by atoms with Crippen LogP contribution in [-0.2, 0) is 9.59 Å². The first-order chi connectivity index (χ1) is 10.7. The molecule has 2 unspecified atom stereocenters. The molecule has 122 valence electrons. The van der Waals surface area contributed by atoms with E-state index in [-0.39, 0.29) is 11.8 Å². The first-order valence-corrected chi connectivity index (χ1v) is 8.61. The van der Waals surface area contributed by atoms with E-state index in [1.165, 1.54) is 12.8 Å².